The second-order valence-electron chi connectivity index (χ2n) is 22.7. The molecule has 8 aromatic rings. The molecule has 0 atom stereocenters. The maximum atomic E-state index is 4.95. The Morgan fingerprint density at radius 3 is 1.52 bits per heavy atom. The van der Waals surface area contributed by atoms with Gasteiger partial charge < -0.3 is 9.80 Å². The van der Waals surface area contributed by atoms with Crippen LogP contribution < -0.4 is 9.80 Å². The normalized spacial score (nSPS) is 14.2. The smallest absolute Gasteiger partial charge is 0.137 e. The van der Waals surface area contributed by atoms with E-state index < -0.39 is 0 Å². The number of para-hydroxylation sites is 1. The third kappa shape index (κ3) is 8.72. The number of nitrogens with zero attached hydrogens (tertiary/aromatic N) is 4. The van der Waals surface area contributed by atoms with Crippen LogP contribution in [0.3, 0.4) is 0 Å². The van der Waals surface area contributed by atoms with Crippen LogP contribution in [0.4, 0.5) is 11.4 Å². The Hall–Kier alpha value is -6.04. The van der Waals surface area contributed by atoms with E-state index >= 15 is 0 Å². The molecular formula is C62H68N4S. The molecule has 2 aromatic heterocycles. The largest absolute Gasteiger partial charge is 0.324 e. The predicted octanol–water partition coefficient (Wildman–Crippen LogP) is 16.9. The summed E-state index contributed by atoms with van der Waals surface area (Å²) in [6.07, 6.45) is 1.96. The first kappa shape index (κ1) is 46.1. The SMILES string of the molecule is CC(C)(C)C1=C(C(C)(C)C)N(c2cc(C(C)(C)c3ccccc3)cc(C(C)(C)c3ccccc3)c2)CN1c1cccc(Sc2ccc3c4ccccc4n(-c4cc(C(C)(C)C)ccn4)c3c2)c1. The average molecular weight is 901 g/mol. The van der Waals surface area contributed by atoms with Gasteiger partial charge in [0, 0.05) is 71.2 Å². The van der Waals surface area contributed by atoms with E-state index in [0.717, 1.165) is 11.3 Å². The van der Waals surface area contributed by atoms with Gasteiger partial charge in [0.05, 0.1) is 17.7 Å². The summed E-state index contributed by atoms with van der Waals surface area (Å²) in [4.78, 5) is 12.6. The standard InChI is InChI=1S/C62H68N4S/c1-58(2,3)44-33-34-63-55(38-44)66-53-30-21-20-29-51(53)52-32-31-50(40-54(52)66)67-49-28-22-27-47(39-49)64-41-65(57(60(7,8)9)56(64)59(4,5)6)48-36-45(61(10,11)42-23-16-14-17-24-42)35-46(37-48)62(12,13)43-25-18-15-19-26-43/h14-40H,41H2,1-13H3. The molecule has 6 aromatic carbocycles. The number of fused-ring (bicyclic) bond motifs is 3. The lowest BCUT2D eigenvalue weighted by atomic mass is 9.73. The number of hydrogen-bond acceptors (Lipinski definition) is 4. The molecule has 0 aliphatic carbocycles. The highest BCUT2D eigenvalue weighted by Gasteiger charge is 2.42. The van der Waals surface area contributed by atoms with Gasteiger partial charge in [0.2, 0.25) is 0 Å². The van der Waals surface area contributed by atoms with Gasteiger partial charge >= 0.3 is 0 Å². The summed E-state index contributed by atoms with van der Waals surface area (Å²) < 4.78 is 2.34. The van der Waals surface area contributed by atoms with Gasteiger partial charge in [0.1, 0.15) is 5.82 Å². The van der Waals surface area contributed by atoms with Gasteiger partial charge in [0.15, 0.2) is 0 Å². The molecule has 0 unspecified atom stereocenters. The molecule has 0 saturated carbocycles. The Morgan fingerprint density at radius 2 is 0.940 bits per heavy atom. The van der Waals surface area contributed by atoms with Crippen molar-refractivity contribution in [3.8, 4) is 5.82 Å². The number of hydrogen-bond donors (Lipinski definition) is 0. The van der Waals surface area contributed by atoms with Crippen molar-refractivity contribution in [1.29, 1.82) is 0 Å². The molecule has 342 valence electrons. The third-order valence-corrected chi connectivity index (χ3v) is 15.0. The molecule has 0 bridgehead atoms. The number of pyridine rings is 1. The summed E-state index contributed by atoms with van der Waals surface area (Å²) >= 11 is 1.82. The van der Waals surface area contributed by atoms with Crippen LogP contribution in [0.5, 0.6) is 0 Å². The monoisotopic (exact) mass is 901 g/mol. The Labute approximate surface area is 404 Å². The number of allylic oxidation sites excluding steroid dienone is 2. The minimum atomic E-state index is -0.230. The van der Waals surface area contributed by atoms with Crippen LogP contribution in [0.1, 0.15) is 118 Å². The number of aromatic nitrogens is 2. The quantitative estimate of drug-likeness (QED) is 0.144. The lowest BCUT2D eigenvalue weighted by Crippen LogP contribution is -2.32. The number of anilines is 2. The molecule has 4 nitrogen and oxygen atoms in total. The molecule has 0 fully saturated rings. The van der Waals surface area contributed by atoms with Crippen molar-refractivity contribution in [3.63, 3.8) is 0 Å². The minimum absolute atomic E-state index is 0.0100. The summed E-state index contributed by atoms with van der Waals surface area (Å²) in [6, 6.07) is 58.6. The lowest BCUT2D eigenvalue weighted by molar-refractivity contribution is 0.444. The predicted molar refractivity (Wildman–Crippen MR) is 287 cm³/mol. The average Bonchev–Trinajstić information content (AvgIpc) is 3.88. The molecule has 5 heteroatoms. The van der Waals surface area contributed by atoms with Crippen molar-refractivity contribution in [1.82, 2.24) is 9.55 Å². The van der Waals surface area contributed by atoms with E-state index in [2.05, 4.69) is 262 Å². The molecular weight excluding hydrogens is 833 g/mol. The second-order valence-corrected chi connectivity index (χ2v) is 23.9. The van der Waals surface area contributed by atoms with Crippen LogP contribution in [0, 0.1) is 10.8 Å². The van der Waals surface area contributed by atoms with Crippen molar-refractivity contribution in [2.45, 2.75) is 116 Å². The molecule has 0 saturated heterocycles. The number of rotatable bonds is 9. The third-order valence-electron chi connectivity index (χ3n) is 14.0. The maximum absolute atomic E-state index is 4.95. The van der Waals surface area contributed by atoms with Crippen LogP contribution in [0.25, 0.3) is 27.6 Å². The van der Waals surface area contributed by atoms with E-state index in [4.69, 9.17) is 4.98 Å². The molecule has 0 amide bonds. The van der Waals surface area contributed by atoms with Crippen molar-refractivity contribution < 1.29 is 0 Å². The first-order chi connectivity index (χ1) is 31.6. The van der Waals surface area contributed by atoms with Crippen molar-refractivity contribution in [2.24, 2.45) is 10.8 Å². The van der Waals surface area contributed by atoms with Gasteiger partial charge in [-0.25, -0.2) is 4.98 Å². The molecule has 9 rings (SSSR count). The van der Waals surface area contributed by atoms with Gasteiger partial charge in [-0.15, -0.1) is 0 Å². The minimum Gasteiger partial charge on any atom is -0.324 e. The summed E-state index contributed by atoms with van der Waals surface area (Å²) in [7, 11) is 0. The Bertz CT molecular complexity index is 3060. The highest BCUT2D eigenvalue weighted by atomic mass is 32.2. The second kappa shape index (κ2) is 16.9. The van der Waals surface area contributed by atoms with Crippen LogP contribution in [-0.2, 0) is 16.2 Å². The van der Waals surface area contributed by atoms with E-state index in [-0.39, 0.29) is 27.1 Å². The summed E-state index contributed by atoms with van der Waals surface area (Å²) in [5, 5.41) is 2.47. The molecule has 1 aliphatic heterocycles. The van der Waals surface area contributed by atoms with Crippen LogP contribution in [0.2, 0.25) is 0 Å². The zero-order valence-corrected chi connectivity index (χ0v) is 42.8. The molecule has 0 N–H and O–H groups in total. The Morgan fingerprint density at radius 1 is 0.403 bits per heavy atom. The highest BCUT2D eigenvalue weighted by molar-refractivity contribution is 7.99. The first-order valence-electron chi connectivity index (χ1n) is 24.0. The zero-order chi connectivity index (χ0) is 47.7. The van der Waals surface area contributed by atoms with Gasteiger partial charge in [-0.3, -0.25) is 4.57 Å². The first-order valence-corrected chi connectivity index (χ1v) is 24.8. The van der Waals surface area contributed by atoms with Gasteiger partial charge in [0.25, 0.3) is 0 Å². The van der Waals surface area contributed by atoms with Crippen molar-refractivity contribution in [3.05, 3.63) is 203 Å². The highest BCUT2D eigenvalue weighted by Crippen LogP contribution is 2.50. The van der Waals surface area contributed by atoms with E-state index in [0.29, 0.717) is 6.67 Å². The van der Waals surface area contributed by atoms with E-state index in [9.17, 15) is 0 Å². The fraction of sp³-hybridized carbons (Fsp3) is 0.306. The molecule has 3 heterocycles. The Kier molecular flexibility index (Phi) is 11.6. The van der Waals surface area contributed by atoms with Gasteiger partial charge in [-0.2, -0.15) is 0 Å². The molecule has 67 heavy (non-hydrogen) atoms. The van der Waals surface area contributed by atoms with Crippen molar-refractivity contribution >= 4 is 44.9 Å². The zero-order valence-electron chi connectivity index (χ0n) is 42.0. The van der Waals surface area contributed by atoms with Gasteiger partial charge in [-0.05, 0) is 93.9 Å². The topological polar surface area (TPSA) is 24.3 Å². The van der Waals surface area contributed by atoms with Gasteiger partial charge in [-0.1, -0.05) is 199 Å². The fourth-order valence-corrected chi connectivity index (χ4v) is 11.0. The van der Waals surface area contributed by atoms with Crippen LogP contribution >= 0.6 is 11.8 Å². The van der Waals surface area contributed by atoms with Crippen LogP contribution in [0.15, 0.2) is 185 Å². The summed E-state index contributed by atoms with van der Waals surface area (Å²) in [6.45, 7) is 31.3. The van der Waals surface area contributed by atoms with Crippen LogP contribution in [-0.4, -0.2) is 16.2 Å². The molecule has 1 aliphatic rings. The lowest BCUT2D eigenvalue weighted by Gasteiger charge is -2.36. The fourth-order valence-electron chi connectivity index (χ4n) is 10.1. The van der Waals surface area contributed by atoms with E-state index in [1.807, 2.05) is 18.0 Å². The summed E-state index contributed by atoms with van der Waals surface area (Å²) in [5.74, 6) is 0.947. The number of benzene rings is 6. The Balaban J connectivity index is 1.14. The molecule has 0 spiro atoms. The summed E-state index contributed by atoms with van der Waals surface area (Å²) in [5.41, 5.74) is 13.2. The molecule has 0 radical (unpaired) electrons. The van der Waals surface area contributed by atoms with Crippen molar-refractivity contribution in [2.75, 3.05) is 16.5 Å². The van der Waals surface area contributed by atoms with E-state index in [1.54, 1.807) is 0 Å². The maximum Gasteiger partial charge on any atom is 0.137 e. The van der Waals surface area contributed by atoms with E-state index in [1.165, 1.54) is 76.7 Å².